The first-order chi connectivity index (χ1) is 14.9. The van der Waals surface area contributed by atoms with Crippen LogP contribution >= 0.6 is 0 Å². The number of benzene rings is 2. The van der Waals surface area contributed by atoms with Gasteiger partial charge in [-0.05, 0) is 74.7 Å². The van der Waals surface area contributed by atoms with E-state index in [0.717, 1.165) is 18.8 Å². The van der Waals surface area contributed by atoms with Gasteiger partial charge in [0.05, 0.1) is 6.42 Å². The van der Waals surface area contributed by atoms with Gasteiger partial charge in [0, 0.05) is 36.4 Å². The summed E-state index contributed by atoms with van der Waals surface area (Å²) in [5.41, 5.74) is 2.08. The van der Waals surface area contributed by atoms with Crippen molar-refractivity contribution in [1.82, 2.24) is 0 Å². The predicted octanol–water partition coefficient (Wildman–Crippen LogP) is 4.35. The first kappa shape index (κ1) is 22.5. The molecule has 1 fully saturated rings. The first-order valence-electron chi connectivity index (χ1n) is 10.6. The van der Waals surface area contributed by atoms with Crippen molar-refractivity contribution in [2.75, 3.05) is 23.3 Å². The Kier molecular flexibility index (Phi) is 7.76. The topological polar surface area (TPSA) is 75.7 Å². The van der Waals surface area contributed by atoms with Gasteiger partial charge in [-0.15, -0.1) is 0 Å². The average Bonchev–Trinajstić information content (AvgIpc) is 2.79. The van der Waals surface area contributed by atoms with Crippen molar-refractivity contribution in [1.29, 1.82) is 0 Å². The number of ketones is 1. The van der Waals surface area contributed by atoms with Gasteiger partial charge in [0.25, 0.3) is 5.91 Å². The van der Waals surface area contributed by atoms with Crippen molar-refractivity contribution in [3.05, 3.63) is 59.9 Å². The number of rotatable bonds is 8. The van der Waals surface area contributed by atoms with Crippen molar-refractivity contribution in [3.8, 4) is 0 Å². The van der Waals surface area contributed by atoms with Gasteiger partial charge >= 0.3 is 5.97 Å². The molecule has 1 heterocycles. The Bertz CT molecular complexity index is 906. The van der Waals surface area contributed by atoms with E-state index in [-0.39, 0.29) is 18.6 Å². The number of ether oxygens (including phenoxy) is 1. The molecule has 6 nitrogen and oxygen atoms in total. The molecule has 1 amide bonds. The second kappa shape index (κ2) is 10.7. The van der Waals surface area contributed by atoms with E-state index in [1.807, 2.05) is 24.3 Å². The third-order valence-electron chi connectivity index (χ3n) is 5.26. The third-order valence-corrected chi connectivity index (χ3v) is 5.26. The summed E-state index contributed by atoms with van der Waals surface area (Å²) in [5.74, 6) is -1.80. The quantitative estimate of drug-likeness (QED) is 0.502. The van der Waals surface area contributed by atoms with Crippen LogP contribution < -0.4 is 10.2 Å². The van der Waals surface area contributed by atoms with Crippen LogP contribution in [0.25, 0.3) is 0 Å². The predicted molar refractivity (Wildman–Crippen MR) is 117 cm³/mol. The molecule has 0 bridgehead atoms. The minimum atomic E-state index is -0.991. The Morgan fingerprint density at radius 1 is 0.968 bits per heavy atom. The van der Waals surface area contributed by atoms with Crippen molar-refractivity contribution in [2.45, 2.75) is 45.1 Å². The second-order valence-corrected chi connectivity index (χ2v) is 7.65. The van der Waals surface area contributed by atoms with Crippen LogP contribution in [0, 0.1) is 5.82 Å². The van der Waals surface area contributed by atoms with Gasteiger partial charge in [-0.2, -0.15) is 0 Å². The number of carbonyl (C=O) groups is 3. The standard InChI is InChI=1S/C24H27FN2O4/c1-17(31-23(29)14-13-22(28)18-5-7-19(25)8-6-18)24(30)26-20-9-11-21(12-10-20)27-15-3-2-4-16-27/h5-12,17H,2-4,13-16H2,1H3,(H,26,30)/t17-/m1/s1. The zero-order valence-corrected chi connectivity index (χ0v) is 17.6. The number of nitrogens with zero attached hydrogens (tertiary/aromatic N) is 1. The van der Waals surface area contributed by atoms with Gasteiger partial charge < -0.3 is 15.0 Å². The largest absolute Gasteiger partial charge is 0.453 e. The zero-order chi connectivity index (χ0) is 22.2. The van der Waals surface area contributed by atoms with Crippen molar-refractivity contribution >= 4 is 29.0 Å². The third kappa shape index (κ3) is 6.64. The van der Waals surface area contributed by atoms with Crippen LogP contribution in [0.15, 0.2) is 48.5 Å². The molecule has 0 unspecified atom stereocenters. The molecule has 31 heavy (non-hydrogen) atoms. The molecule has 1 aliphatic rings. The lowest BCUT2D eigenvalue weighted by Gasteiger charge is -2.28. The zero-order valence-electron chi connectivity index (χ0n) is 17.6. The maximum absolute atomic E-state index is 12.9. The fourth-order valence-electron chi connectivity index (χ4n) is 3.46. The molecule has 2 aromatic rings. The van der Waals surface area contributed by atoms with Crippen LogP contribution in [0.1, 0.15) is 49.4 Å². The fraction of sp³-hybridized carbons (Fsp3) is 0.375. The van der Waals surface area contributed by atoms with E-state index in [9.17, 15) is 18.8 Å². The summed E-state index contributed by atoms with van der Waals surface area (Å²) in [6.45, 7) is 3.57. The molecule has 0 saturated carbocycles. The molecule has 1 N–H and O–H groups in total. The van der Waals surface area contributed by atoms with Crippen LogP contribution in [-0.2, 0) is 14.3 Å². The molecule has 164 valence electrons. The fourth-order valence-corrected chi connectivity index (χ4v) is 3.46. The van der Waals surface area contributed by atoms with Crippen molar-refractivity contribution in [3.63, 3.8) is 0 Å². The maximum atomic E-state index is 12.9. The SMILES string of the molecule is C[C@@H](OC(=O)CCC(=O)c1ccc(F)cc1)C(=O)Nc1ccc(N2CCCCC2)cc1. The van der Waals surface area contributed by atoms with Gasteiger partial charge in [-0.1, -0.05) is 0 Å². The summed E-state index contributed by atoms with van der Waals surface area (Å²) in [7, 11) is 0. The summed E-state index contributed by atoms with van der Waals surface area (Å²) in [5, 5.41) is 2.74. The van der Waals surface area contributed by atoms with E-state index in [1.165, 1.54) is 50.5 Å². The number of Topliss-reactive ketones (excluding diaryl/α,β-unsaturated/α-hetero) is 1. The Hall–Kier alpha value is -3.22. The average molecular weight is 426 g/mol. The molecule has 1 saturated heterocycles. The van der Waals surface area contributed by atoms with Gasteiger partial charge in [0.2, 0.25) is 0 Å². The summed E-state index contributed by atoms with van der Waals surface area (Å²) < 4.78 is 18.1. The number of esters is 1. The van der Waals surface area contributed by atoms with Crippen LogP contribution in [-0.4, -0.2) is 36.9 Å². The molecule has 1 atom stereocenters. The normalized spacial score (nSPS) is 14.6. The number of hydrogen-bond acceptors (Lipinski definition) is 5. The molecule has 7 heteroatoms. The highest BCUT2D eigenvalue weighted by Crippen LogP contribution is 2.22. The molecule has 0 aliphatic carbocycles. The monoisotopic (exact) mass is 426 g/mol. The highest BCUT2D eigenvalue weighted by atomic mass is 19.1. The van der Waals surface area contributed by atoms with Gasteiger partial charge in [0.1, 0.15) is 5.82 Å². The van der Waals surface area contributed by atoms with Crippen LogP contribution in [0.4, 0.5) is 15.8 Å². The molecular weight excluding hydrogens is 399 g/mol. The summed E-state index contributed by atoms with van der Waals surface area (Å²) >= 11 is 0. The number of piperidine rings is 1. The Morgan fingerprint density at radius 3 is 2.26 bits per heavy atom. The van der Waals surface area contributed by atoms with E-state index in [0.29, 0.717) is 11.3 Å². The van der Waals surface area contributed by atoms with Crippen LogP contribution in [0.3, 0.4) is 0 Å². The number of amides is 1. The molecule has 1 aliphatic heterocycles. The molecule has 0 spiro atoms. The number of hydrogen-bond donors (Lipinski definition) is 1. The molecule has 2 aromatic carbocycles. The Balaban J connectivity index is 1.43. The van der Waals surface area contributed by atoms with Crippen molar-refractivity contribution in [2.24, 2.45) is 0 Å². The molecule has 0 radical (unpaired) electrons. The minimum absolute atomic E-state index is 0.0727. The Labute approximate surface area is 181 Å². The summed E-state index contributed by atoms with van der Waals surface area (Å²) in [6.07, 6.45) is 2.43. The lowest BCUT2D eigenvalue weighted by atomic mass is 10.1. The molecule has 3 rings (SSSR count). The lowest BCUT2D eigenvalue weighted by Crippen LogP contribution is -2.30. The van der Waals surface area contributed by atoms with E-state index in [2.05, 4.69) is 10.2 Å². The first-order valence-corrected chi connectivity index (χ1v) is 10.6. The van der Waals surface area contributed by atoms with Gasteiger partial charge in [-0.3, -0.25) is 14.4 Å². The lowest BCUT2D eigenvalue weighted by molar-refractivity contribution is -0.153. The highest BCUT2D eigenvalue weighted by Gasteiger charge is 2.19. The van der Waals surface area contributed by atoms with Gasteiger partial charge in [-0.25, -0.2) is 4.39 Å². The smallest absolute Gasteiger partial charge is 0.307 e. The number of anilines is 2. The Morgan fingerprint density at radius 2 is 1.61 bits per heavy atom. The molecular formula is C24H27FN2O4. The van der Waals surface area contributed by atoms with E-state index >= 15 is 0 Å². The maximum Gasteiger partial charge on any atom is 0.307 e. The number of nitrogens with one attached hydrogen (secondary N) is 1. The highest BCUT2D eigenvalue weighted by molar-refractivity contribution is 5.98. The summed E-state index contributed by atoms with van der Waals surface area (Å²) in [4.78, 5) is 38.7. The molecule has 0 aromatic heterocycles. The van der Waals surface area contributed by atoms with E-state index < -0.39 is 23.8 Å². The van der Waals surface area contributed by atoms with E-state index in [1.54, 1.807) is 0 Å². The minimum Gasteiger partial charge on any atom is -0.453 e. The summed E-state index contributed by atoms with van der Waals surface area (Å²) in [6, 6.07) is 12.7. The second-order valence-electron chi connectivity index (χ2n) is 7.65. The van der Waals surface area contributed by atoms with Crippen molar-refractivity contribution < 1.29 is 23.5 Å². The number of halogens is 1. The van der Waals surface area contributed by atoms with Crippen LogP contribution in [0.2, 0.25) is 0 Å². The van der Waals surface area contributed by atoms with E-state index in [4.69, 9.17) is 4.74 Å². The van der Waals surface area contributed by atoms with Crippen LogP contribution in [0.5, 0.6) is 0 Å². The van der Waals surface area contributed by atoms with Gasteiger partial charge in [0.15, 0.2) is 11.9 Å². The number of carbonyl (C=O) groups excluding carboxylic acids is 3.